The number of carbonyl (C=O) groups is 1. The van der Waals surface area contributed by atoms with Crippen molar-refractivity contribution in [2.45, 2.75) is 0 Å². The fourth-order valence-corrected chi connectivity index (χ4v) is 2.11. The Balaban J connectivity index is 1.96. The highest BCUT2D eigenvalue weighted by Gasteiger charge is 2.19. The molecule has 0 radical (unpaired) electrons. The van der Waals surface area contributed by atoms with Gasteiger partial charge in [0.1, 0.15) is 11.5 Å². The highest BCUT2D eigenvalue weighted by atomic mass is 16.7. The molecule has 1 aromatic carbocycles. The van der Waals surface area contributed by atoms with Gasteiger partial charge in [0.25, 0.3) is 5.91 Å². The lowest BCUT2D eigenvalue weighted by Crippen LogP contribution is -2.18. The summed E-state index contributed by atoms with van der Waals surface area (Å²) >= 11 is 0. The first-order valence-electron chi connectivity index (χ1n) is 6.27. The average molecular weight is 279 g/mol. The molecular formula is C14H9N5O2. The summed E-state index contributed by atoms with van der Waals surface area (Å²) < 4.78 is 1.39. The molecule has 1 aliphatic heterocycles. The van der Waals surface area contributed by atoms with Crippen LogP contribution in [0.25, 0.3) is 11.5 Å². The number of hydrogen-bond acceptors (Lipinski definition) is 5. The molecule has 2 bridgehead atoms. The Bertz CT molecular complexity index is 843. The predicted molar refractivity (Wildman–Crippen MR) is 73.7 cm³/mol. The summed E-state index contributed by atoms with van der Waals surface area (Å²) in [5.41, 5.74) is 0.968. The summed E-state index contributed by atoms with van der Waals surface area (Å²) in [5.74, 6) is 1.04. The van der Waals surface area contributed by atoms with Crippen molar-refractivity contribution in [3.8, 4) is 17.3 Å². The van der Waals surface area contributed by atoms with Gasteiger partial charge in [-0.25, -0.2) is 4.98 Å². The third-order valence-electron chi connectivity index (χ3n) is 3.07. The molecule has 4 rings (SSSR count). The maximum Gasteiger partial charge on any atom is 0.260 e. The van der Waals surface area contributed by atoms with Crippen LogP contribution in [0.15, 0.2) is 48.8 Å². The molecule has 7 nitrogen and oxygen atoms in total. The van der Waals surface area contributed by atoms with E-state index >= 15 is 0 Å². The van der Waals surface area contributed by atoms with Crippen molar-refractivity contribution in [1.82, 2.24) is 19.9 Å². The van der Waals surface area contributed by atoms with Crippen LogP contribution in [0, 0.1) is 0 Å². The summed E-state index contributed by atoms with van der Waals surface area (Å²) in [6.07, 6.45) is 1.43. The fraction of sp³-hybridized carbons (Fsp3) is 0. The molecule has 1 aliphatic rings. The quantitative estimate of drug-likeness (QED) is 0.678. The monoisotopic (exact) mass is 279 g/mol. The van der Waals surface area contributed by atoms with E-state index in [1.165, 1.54) is 11.1 Å². The van der Waals surface area contributed by atoms with Crippen LogP contribution in [0.2, 0.25) is 0 Å². The van der Waals surface area contributed by atoms with E-state index in [2.05, 4.69) is 20.5 Å². The first kappa shape index (κ1) is 11.6. The maximum absolute atomic E-state index is 12.3. The number of nitrogens with one attached hydrogen (secondary N) is 1. The molecule has 7 heteroatoms. The van der Waals surface area contributed by atoms with Crippen molar-refractivity contribution in [2.75, 3.05) is 5.32 Å². The number of amides is 1. The molecule has 0 atom stereocenters. The lowest BCUT2D eigenvalue weighted by atomic mass is 10.2. The van der Waals surface area contributed by atoms with E-state index in [0.29, 0.717) is 28.6 Å². The molecule has 1 N–H and O–H groups in total. The van der Waals surface area contributed by atoms with Crippen molar-refractivity contribution in [3.05, 3.63) is 54.4 Å². The van der Waals surface area contributed by atoms with Crippen LogP contribution in [-0.4, -0.2) is 25.8 Å². The van der Waals surface area contributed by atoms with Crippen LogP contribution in [0.4, 0.5) is 5.82 Å². The maximum atomic E-state index is 12.3. The summed E-state index contributed by atoms with van der Waals surface area (Å²) in [5, 5.41) is 10.6. The van der Waals surface area contributed by atoms with Crippen LogP contribution in [0.1, 0.15) is 10.4 Å². The van der Waals surface area contributed by atoms with E-state index in [0.717, 1.165) is 0 Å². The Hall–Kier alpha value is -3.22. The Morgan fingerprint density at radius 3 is 2.95 bits per heavy atom. The van der Waals surface area contributed by atoms with E-state index in [9.17, 15) is 4.79 Å². The van der Waals surface area contributed by atoms with Crippen LogP contribution in [0.5, 0.6) is 5.75 Å². The van der Waals surface area contributed by atoms with Crippen molar-refractivity contribution >= 4 is 11.7 Å². The highest BCUT2D eigenvalue weighted by Crippen LogP contribution is 2.24. The zero-order valence-electron chi connectivity index (χ0n) is 10.7. The lowest BCUT2D eigenvalue weighted by molar-refractivity contribution is 0.101. The molecule has 0 unspecified atom stereocenters. The summed E-state index contributed by atoms with van der Waals surface area (Å²) in [4.78, 5) is 22.4. The molecule has 21 heavy (non-hydrogen) atoms. The minimum Gasteiger partial charge on any atom is -0.371 e. The van der Waals surface area contributed by atoms with Crippen molar-refractivity contribution < 1.29 is 9.63 Å². The van der Waals surface area contributed by atoms with Gasteiger partial charge in [-0.1, -0.05) is 18.2 Å². The number of anilines is 1. The summed E-state index contributed by atoms with van der Waals surface area (Å²) in [6, 6.07) is 12.2. The first-order valence-corrected chi connectivity index (χ1v) is 6.27. The number of nitrogens with zero attached hydrogens (tertiary/aromatic N) is 4. The SMILES string of the molecule is O=C1Nc2cccc(n2)-c2nncn2Oc2ccccc21. The number of para-hydroxylation sites is 1. The average Bonchev–Trinajstić information content (AvgIpc) is 2.95. The van der Waals surface area contributed by atoms with Crippen LogP contribution in [0.3, 0.4) is 0 Å². The zero-order chi connectivity index (χ0) is 14.2. The number of benzene rings is 1. The van der Waals surface area contributed by atoms with Gasteiger partial charge in [0, 0.05) is 0 Å². The number of rotatable bonds is 0. The first-order chi connectivity index (χ1) is 10.3. The molecular weight excluding hydrogens is 270 g/mol. The van der Waals surface area contributed by atoms with Crippen LogP contribution in [-0.2, 0) is 0 Å². The van der Waals surface area contributed by atoms with Gasteiger partial charge >= 0.3 is 0 Å². The number of fused-ring (bicyclic) bond motifs is 5. The Kier molecular flexibility index (Phi) is 2.43. The molecule has 0 saturated carbocycles. The second-order valence-corrected chi connectivity index (χ2v) is 4.43. The Morgan fingerprint density at radius 1 is 1.10 bits per heavy atom. The van der Waals surface area contributed by atoms with Crippen molar-refractivity contribution in [3.63, 3.8) is 0 Å². The number of aromatic nitrogens is 4. The minimum absolute atomic E-state index is 0.285. The molecule has 0 aliphatic carbocycles. The standard InChI is InChI=1S/C14H9N5O2/c20-14-9-4-1-2-6-11(9)21-19-8-15-18-13(19)10-5-3-7-12(16-10)17-14/h1-8H,(H,16,17,20). The highest BCUT2D eigenvalue weighted by molar-refractivity contribution is 6.05. The zero-order valence-corrected chi connectivity index (χ0v) is 10.7. The van der Waals surface area contributed by atoms with Gasteiger partial charge in [-0.15, -0.1) is 14.9 Å². The molecule has 102 valence electrons. The predicted octanol–water partition coefficient (Wildman–Crippen LogP) is 1.75. The number of hydrogen-bond donors (Lipinski definition) is 1. The molecule has 2 aromatic heterocycles. The molecule has 0 saturated heterocycles. The van der Waals surface area contributed by atoms with E-state index < -0.39 is 0 Å². The van der Waals surface area contributed by atoms with Gasteiger partial charge in [-0.3, -0.25) is 4.79 Å². The van der Waals surface area contributed by atoms with Gasteiger partial charge in [0.15, 0.2) is 12.1 Å². The van der Waals surface area contributed by atoms with Gasteiger partial charge in [-0.05, 0) is 24.3 Å². The summed E-state index contributed by atoms with van der Waals surface area (Å²) in [6.45, 7) is 0. The van der Waals surface area contributed by atoms with Crippen molar-refractivity contribution in [2.24, 2.45) is 0 Å². The smallest absolute Gasteiger partial charge is 0.260 e. The Labute approximate surface area is 119 Å². The molecule has 1 amide bonds. The number of carbonyl (C=O) groups excluding carboxylic acids is 1. The van der Waals surface area contributed by atoms with E-state index in [-0.39, 0.29) is 5.91 Å². The molecule has 3 heterocycles. The topological polar surface area (TPSA) is 81.9 Å². The second-order valence-electron chi connectivity index (χ2n) is 4.43. The van der Waals surface area contributed by atoms with E-state index in [4.69, 9.17) is 4.84 Å². The lowest BCUT2D eigenvalue weighted by Gasteiger charge is -2.14. The third kappa shape index (κ3) is 1.91. The second kappa shape index (κ2) is 4.41. The van der Waals surface area contributed by atoms with Gasteiger partial charge in [0.05, 0.1) is 5.56 Å². The largest absolute Gasteiger partial charge is 0.371 e. The fourth-order valence-electron chi connectivity index (χ4n) is 2.11. The van der Waals surface area contributed by atoms with Crippen LogP contribution < -0.4 is 10.2 Å². The van der Waals surface area contributed by atoms with Crippen molar-refractivity contribution in [1.29, 1.82) is 0 Å². The molecule has 0 spiro atoms. The third-order valence-corrected chi connectivity index (χ3v) is 3.07. The van der Waals surface area contributed by atoms with Crippen LogP contribution >= 0.6 is 0 Å². The Morgan fingerprint density at radius 2 is 2.00 bits per heavy atom. The normalized spacial score (nSPS) is 12.7. The van der Waals surface area contributed by atoms with Gasteiger partial charge in [-0.2, -0.15) is 0 Å². The molecule has 0 fully saturated rings. The number of pyridine rings is 1. The van der Waals surface area contributed by atoms with Gasteiger partial charge in [0.2, 0.25) is 5.82 Å². The summed E-state index contributed by atoms with van der Waals surface area (Å²) in [7, 11) is 0. The molecule has 3 aromatic rings. The van der Waals surface area contributed by atoms with E-state index in [1.54, 1.807) is 42.5 Å². The van der Waals surface area contributed by atoms with Gasteiger partial charge < -0.3 is 10.2 Å². The van der Waals surface area contributed by atoms with E-state index in [1.807, 2.05) is 0 Å². The minimum atomic E-state index is -0.285.